The van der Waals surface area contributed by atoms with Crippen LogP contribution in [0.4, 0.5) is 0 Å². The Morgan fingerprint density at radius 2 is 1.93 bits per heavy atom. The number of guanidine groups is 1. The van der Waals surface area contributed by atoms with Gasteiger partial charge in [-0.25, -0.2) is 8.42 Å². The van der Waals surface area contributed by atoms with Crippen LogP contribution in [0.15, 0.2) is 46.1 Å². The molecule has 29 heavy (non-hydrogen) atoms. The Morgan fingerprint density at radius 1 is 1.24 bits per heavy atom. The van der Waals surface area contributed by atoms with Crippen molar-refractivity contribution in [3.05, 3.63) is 53.4 Å². The number of nitrogens with one attached hydrogen (secondary N) is 1. The Labute approximate surface area is 187 Å². The van der Waals surface area contributed by atoms with Gasteiger partial charge in [0.15, 0.2) is 5.96 Å². The predicted molar refractivity (Wildman–Crippen MR) is 119 cm³/mol. The second-order valence-electron chi connectivity index (χ2n) is 6.34. The molecule has 1 aliphatic rings. The van der Waals surface area contributed by atoms with Crippen LogP contribution in [-0.2, 0) is 22.3 Å². The molecular formula is C18H23IN6O3S. The normalized spacial score (nSPS) is 15.4. The van der Waals surface area contributed by atoms with Crippen molar-refractivity contribution in [3.63, 3.8) is 0 Å². The lowest BCUT2D eigenvalue weighted by Crippen LogP contribution is -2.53. The number of aromatic nitrogens is 1. The van der Waals surface area contributed by atoms with Gasteiger partial charge in [-0.15, -0.1) is 24.0 Å². The molecule has 0 atom stereocenters. The number of hydrogen-bond acceptors (Lipinski definition) is 6. The highest BCUT2D eigenvalue weighted by Crippen LogP contribution is 2.13. The molecule has 1 N–H and O–H groups in total. The fraction of sp³-hybridized carbons (Fsp3) is 0.389. The zero-order chi connectivity index (χ0) is 20.0. The van der Waals surface area contributed by atoms with E-state index in [1.165, 1.54) is 10.6 Å². The molecule has 1 aromatic carbocycles. The van der Waals surface area contributed by atoms with Crippen LogP contribution in [0.3, 0.4) is 0 Å². The molecule has 1 aromatic heterocycles. The van der Waals surface area contributed by atoms with E-state index in [1.807, 2.05) is 17.0 Å². The van der Waals surface area contributed by atoms with Crippen LogP contribution in [0.25, 0.3) is 0 Å². The summed E-state index contributed by atoms with van der Waals surface area (Å²) in [6.45, 7) is 2.44. The van der Waals surface area contributed by atoms with Crippen molar-refractivity contribution < 1.29 is 12.9 Å². The molecular weight excluding hydrogens is 507 g/mol. The number of nitrogens with zero attached hydrogens (tertiary/aromatic N) is 5. The van der Waals surface area contributed by atoms with Crippen molar-refractivity contribution in [2.75, 3.05) is 33.2 Å². The van der Waals surface area contributed by atoms with E-state index in [9.17, 15) is 8.42 Å². The molecule has 3 rings (SSSR count). The molecule has 1 saturated heterocycles. The number of nitriles is 1. The maximum Gasteiger partial charge on any atom is 0.220 e. The lowest BCUT2D eigenvalue weighted by molar-refractivity contribution is 0.259. The Kier molecular flexibility index (Phi) is 8.42. The first-order valence-electron chi connectivity index (χ1n) is 8.83. The van der Waals surface area contributed by atoms with Gasteiger partial charge in [0.1, 0.15) is 12.0 Å². The number of rotatable bonds is 5. The second-order valence-corrected chi connectivity index (χ2v) is 8.31. The largest absolute Gasteiger partial charge is 0.364 e. The lowest BCUT2D eigenvalue weighted by Gasteiger charge is -2.35. The van der Waals surface area contributed by atoms with Gasteiger partial charge in [0, 0.05) is 45.8 Å². The van der Waals surface area contributed by atoms with Gasteiger partial charge in [0.2, 0.25) is 10.0 Å². The van der Waals surface area contributed by atoms with Crippen molar-refractivity contribution in [1.29, 1.82) is 5.26 Å². The highest BCUT2D eigenvalue weighted by Gasteiger charge is 2.28. The Hall–Kier alpha value is -2.17. The van der Waals surface area contributed by atoms with Crippen molar-refractivity contribution in [3.8, 4) is 6.07 Å². The summed E-state index contributed by atoms with van der Waals surface area (Å²) in [5, 5.41) is 15.8. The topological polar surface area (TPSA) is 115 Å². The van der Waals surface area contributed by atoms with Crippen molar-refractivity contribution in [1.82, 2.24) is 19.7 Å². The van der Waals surface area contributed by atoms with Crippen molar-refractivity contribution in [2.45, 2.75) is 12.3 Å². The number of piperazine rings is 1. The first kappa shape index (κ1) is 23.1. The molecule has 0 saturated carbocycles. The molecule has 2 heterocycles. The molecule has 0 bridgehead atoms. The van der Waals surface area contributed by atoms with Crippen molar-refractivity contribution >= 4 is 40.0 Å². The Bertz CT molecular complexity index is 946. The summed E-state index contributed by atoms with van der Waals surface area (Å²) in [7, 11) is -1.72. The van der Waals surface area contributed by atoms with Crippen LogP contribution in [0, 0.1) is 11.3 Å². The zero-order valence-electron chi connectivity index (χ0n) is 16.0. The van der Waals surface area contributed by atoms with Crippen LogP contribution in [0.2, 0.25) is 0 Å². The first-order valence-corrected chi connectivity index (χ1v) is 10.4. The van der Waals surface area contributed by atoms with Gasteiger partial charge in [-0.3, -0.25) is 4.99 Å². The van der Waals surface area contributed by atoms with E-state index >= 15 is 0 Å². The fourth-order valence-electron chi connectivity index (χ4n) is 2.98. The van der Waals surface area contributed by atoms with Gasteiger partial charge in [-0.2, -0.15) is 9.57 Å². The molecule has 0 unspecified atom stereocenters. The van der Waals surface area contributed by atoms with E-state index in [4.69, 9.17) is 9.78 Å². The lowest BCUT2D eigenvalue weighted by atomic mass is 10.1. The van der Waals surface area contributed by atoms with E-state index in [-0.39, 0.29) is 29.7 Å². The number of hydrogen-bond donors (Lipinski definition) is 1. The highest BCUT2D eigenvalue weighted by molar-refractivity contribution is 14.0. The number of benzene rings is 1. The molecule has 0 radical (unpaired) electrons. The quantitative estimate of drug-likeness (QED) is 0.353. The number of halogens is 1. The standard InChI is InChI=1S/C18H22N6O3S.HI/c1-20-18(21-13-16-4-2-15(12-19)3-5-16)23-7-9-24(10-8-23)28(25,26)14-17-6-11-27-22-17;/h2-6,11H,7-10,13-14H2,1H3,(H,20,21);1H. The summed E-state index contributed by atoms with van der Waals surface area (Å²) >= 11 is 0. The summed E-state index contributed by atoms with van der Waals surface area (Å²) in [6, 6.07) is 11.0. The average Bonchev–Trinajstić information content (AvgIpc) is 3.21. The third-order valence-electron chi connectivity index (χ3n) is 4.50. The maximum absolute atomic E-state index is 12.5. The van der Waals surface area contributed by atoms with Gasteiger partial charge < -0.3 is 14.7 Å². The van der Waals surface area contributed by atoms with Gasteiger partial charge in [0.25, 0.3) is 0 Å². The zero-order valence-corrected chi connectivity index (χ0v) is 19.1. The molecule has 2 aromatic rings. The smallest absolute Gasteiger partial charge is 0.220 e. The van der Waals surface area contributed by atoms with Crippen LogP contribution in [0.5, 0.6) is 0 Å². The van der Waals surface area contributed by atoms with E-state index in [0.29, 0.717) is 44.0 Å². The summed E-state index contributed by atoms with van der Waals surface area (Å²) in [4.78, 5) is 6.33. The SMILES string of the molecule is CN=C(NCc1ccc(C#N)cc1)N1CCN(S(=O)(=O)Cc2ccon2)CC1.I. The maximum atomic E-state index is 12.5. The van der Waals surface area contributed by atoms with Gasteiger partial charge in [-0.1, -0.05) is 17.3 Å². The van der Waals surface area contributed by atoms with E-state index in [1.54, 1.807) is 25.2 Å². The Morgan fingerprint density at radius 3 is 2.48 bits per heavy atom. The second kappa shape index (κ2) is 10.6. The molecule has 0 aliphatic carbocycles. The van der Waals surface area contributed by atoms with E-state index < -0.39 is 10.0 Å². The summed E-state index contributed by atoms with van der Waals surface area (Å²) in [5.41, 5.74) is 2.06. The van der Waals surface area contributed by atoms with E-state index in [2.05, 4.69) is 21.5 Å². The average molecular weight is 530 g/mol. The highest BCUT2D eigenvalue weighted by atomic mass is 127. The Balaban J connectivity index is 0.00000300. The minimum atomic E-state index is -3.43. The first-order chi connectivity index (χ1) is 13.5. The number of aliphatic imine (C=N–C) groups is 1. The molecule has 0 spiro atoms. The van der Waals surface area contributed by atoms with Gasteiger partial charge in [-0.05, 0) is 17.7 Å². The molecule has 1 aliphatic heterocycles. The molecule has 1 fully saturated rings. The summed E-state index contributed by atoms with van der Waals surface area (Å²) in [6.07, 6.45) is 1.37. The van der Waals surface area contributed by atoms with Crippen LogP contribution in [-0.4, -0.2) is 62.0 Å². The number of sulfonamides is 1. The van der Waals surface area contributed by atoms with Gasteiger partial charge >= 0.3 is 0 Å². The molecule has 156 valence electrons. The van der Waals surface area contributed by atoms with E-state index in [0.717, 1.165) is 11.5 Å². The van der Waals surface area contributed by atoms with Crippen LogP contribution in [0.1, 0.15) is 16.8 Å². The third-order valence-corrected chi connectivity index (χ3v) is 6.31. The molecule has 11 heteroatoms. The van der Waals surface area contributed by atoms with Crippen LogP contribution < -0.4 is 5.32 Å². The van der Waals surface area contributed by atoms with Gasteiger partial charge in [0.05, 0.1) is 17.3 Å². The third kappa shape index (κ3) is 6.15. The van der Waals surface area contributed by atoms with Crippen molar-refractivity contribution in [2.24, 2.45) is 4.99 Å². The molecule has 0 amide bonds. The summed E-state index contributed by atoms with van der Waals surface area (Å²) in [5.74, 6) is 0.563. The monoisotopic (exact) mass is 530 g/mol. The minimum Gasteiger partial charge on any atom is -0.364 e. The predicted octanol–water partition coefficient (Wildman–Crippen LogP) is 1.39. The summed E-state index contributed by atoms with van der Waals surface area (Å²) < 4.78 is 31.2. The molecule has 9 nitrogen and oxygen atoms in total. The van der Waals surface area contributed by atoms with Crippen LogP contribution >= 0.6 is 24.0 Å². The fourth-order valence-corrected chi connectivity index (χ4v) is 4.40. The minimum absolute atomic E-state index is 0.